The number of pyridine rings is 1. The first-order valence-electron chi connectivity index (χ1n) is 5.54. The van der Waals surface area contributed by atoms with E-state index >= 15 is 0 Å². The van der Waals surface area contributed by atoms with Crippen molar-refractivity contribution in [3.63, 3.8) is 0 Å². The minimum Gasteiger partial charge on any atom is -0.480 e. The number of unbranched alkanes of at least 4 members (excludes halogenated alkanes) is 1. The van der Waals surface area contributed by atoms with Gasteiger partial charge in [0.25, 0.3) is 0 Å². The Labute approximate surface area is 100 Å². The maximum Gasteiger partial charge on any atom is 0.326 e. The van der Waals surface area contributed by atoms with Crippen LogP contribution >= 0.6 is 0 Å². The Balaban J connectivity index is 2.72. The fraction of sp³-hybridized carbons (Fsp3) is 0.417. The van der Waals surface area contributed by atoms with Crippen LogP contribution in [0.3, 0.4) is 0 Å². The maximum atomic E-state index is 11.0. The highest BCUT2D eigenvalue weighted by Gasteiger charge is 2.16. The first kappa shape index (κ1) is 13.0. The van der Waals surface area contributed by atoms with E-state index in [2.05, 4.69) is 10.3 Å². The molecule has 5 nitrogen and oxygen atoms in total. The van der Waals surface area contributed by atoms with Crippen molar-refractivity contribution in [3.05, 3.63) is 23.9 Å². The number of nitrogens with one attached hydrogen (secondary N) is 1. The van der Waals surface area contributed by atoms with E-state index in [1.165, 1.54) is 0 Å². The van der Waals surface area contributed by atoms with Crippen molar-refractivity contribution >= 4 is 11.8 Å². The molecule has 0 bridgehead atoms. The van der Waals surface area contributed by atoms with Gasteiger partial charge in [-0.1, -0.05) is 25.8 Å². The summed E-state index contributed by atoms with van der Waals surface area (Å²) in [4.78, 5) is 15.0. The molecule has 0 radical (unpaired) electrons. The van der Waals surface area contributed by atoms with Crippen molar-refractivity contribution in [1.29, 1.82) is 5.26 Å². The summed E-state index contributed by atoms with van der Waals surface area (Å²) in [6, 6.07) is 6.16. The molecule has 1 aromatic rings. The summed E-state index contributed by atoms with van der Waals surface area (Å²) in [6.07, 6.45) is 2.32. The number of anilines is 1. The van der Waals surface area contributed by atoms with Crippen LogP contribution in [0.4, 0.5) is 5.82 Å². The average molecular weight is 233 g/mol. The molecule has 0 fully saturated rings. The molecule has 1 unspecified atom stereocenters. The topological polar surface area (TPSA) is 86.0 Å². The minimum atomic E-state index is -0.900. The van der Waals surface area contributed by atoms with E-state index in [9.17, 15) is 4.79 Å². The quantitative estimate of drug-likeness (QED) is 0.784. The average Bonchev–Trinajstić information content (AvgIpc) is 2.34. The van der Waals surface area contributed by atoms with Crippen molar-refractivity contribution in [2.24, 2.45) is 0 Å². The zero-order valence-corrected chi connectivity index (χ0v) is 9.68. The highest BCUT2D eigenvalue weighted by Crippen LogP contribution is 2.10. The molecular formula is C12H15N3O2. The van der Waals surface area contributed by atoms with Crippen molar-refractivity contribution in [2.45, 2.75) is 32.2 Å². The lowest BCUT2D eigenvalue weighted by molar-refractivity contribution is -0.138. The number of aromatic nitrogens is 1. The maximum absolute atomic E-state index is 11.0. The third-order valence-corrected chi connectivity index (χ3v) is 2.33. The fourth-order valence-electron chi connectivity index (χ4n) is 1.42. The molecule has 2 N–H and O–H groups in total. The van der Waals surface area contributed by atoms with E-state index in [-0.39, 0.29) is 5.69 Å². The Morgan fingerprint density at radius 3 is 3.00 bits per heavy atom. The van der Waals surface area contributed by atoms with Crippen LogP contribution in [0.1, 0.15) is 31.9 Å². The van der Waals surface area contributed by atoms with Crippen molar-refractivity contribution in [2.75, 3.05) is 5.32 Å². The predicted octanol–water partition coefficient (Wildman–Crippen LogP) is 2.01. The largest absolute Gasteiger partial charge is 0.480 e. The molecule has 0 aliphatic rings. The Kier molecular flexibility index (Phi) is 4.95. The molecule has 1 heterocycles. The van der Waals surface area contributed by atoms with E-state index in [1.807, 2.05) is 13.0 Å². The van der Waals surface area contributed by atoms with Gasteiger partial charge >= 0.3 is 5.97 Å². The lowest BCUT2D eigenvalue weighted by Crippen LogP contribution is -2.29. The van der Waals surface area contributed by atoms with Crippen LogP contribution in [0.5, 0.6) is 0 Å². The number of carboxylic acid groups (broad SMARTS) is 1. The third kappa shape index (κ3) is 4.11. The first-order valence-corrected chi connectivity index (χ1v) is 5.54. The van der Waals surface area contributed by atoms with Crippen molar-refractivity contribution in [3.8, 4) is 6.07 Å². The number of nitriles is 1. The highest BCUT2D eigenvalue weighted by molar-refractivity contribution is 5.76. The van der Waals surface area contributed by atoms with Crippen LogP contribution in [-0.4, -0.2) is 22.1 Å². The number of carbonyl (C=O) groups is 1. The number of nitrogens with zero attached hydrogens (tertiary/aromatic N) is 2. The molecule has 0 amide bonds. The number of aliphatic carboxylic acids is 1. The smallest absolute Gasteiger partial charge is 0.326 e. The second-order valence-electron chi connectivity index (χ2n) is 3.70. The van der Waals surface area contributed by atoms with Gasteiger partial charge in [-0.3, -0.25) is 0 Å². The molecule has 1 rings (SSSR count). The van der Waals surface area contributed by atoms with E-state index < -0.39 is 12.0 Å². The van der Waals surface area contributed by atoms with Gasteiger partial charge in [0.2, 0.25) is 0 Å². The van der Waals surface area contributed by atoms with Gasteiger partial charge in [0, 0.05) is 0 Å². The number of carboxylic acids is 1. The van der Waals surface area contributed by atoms with Gasteiger partial charge in [-0.05, 0) is 18.6 Å². The van der Waals surface area contributed by atoms with Gasteiger partial charge in [0.15, 0.2) is 0 Å². The standard InChI is InChI=1S/C12H15N3O2/c1-2-3-6-10(12(16)17)15-11-7-4-5-9(8-13)14-11/h4-5,7,10H,2-3,6H2,1H3,(H,14,15)(H,16,17). The van der Waals surface area contributed by atoms with E-state index in [1.54, 1.807) is 18.2 Å². The van der Waals surface area contributed by atoms with E-state index in [0.29, 0.717) is 12.2 Å². The van der Waals surface area contributed by atoms with Gasteiger partial charge < -0.3 is 10.4 Å². The molecular weight excluding hydrogens is 218 g/mol. The normalized spacial score (nSPS) is 11.5. The second kappa shape index (κ2) is 6.48. The predicted molar refractivity (Wildman–Crippen MR) is 63.5 cm³/mol. The molecule has 1 atom stereocenters. The van der Waals surface area contributed by atoms with Crippen molar-refractivity contribution < 1.29 is 9.90 Å². The Morgan fingerprint density at radius 1 is 1.65 bits per heavy atom. The zero-order valence-electron chi connectivity index (χ0n) is 9.68. The lowest BCUT2D eigenvalue weighted by Gasteiger charge is -2.14. The molecule has 5 heteroatoms. The van der Waals surface area contributed by atoms with Gasteiger partial charge in [-0.15, -0.1) is 0 Å². The van der Waals surface area contributed by atoms with Gasteiger partial charge in [-0.25, -0.2) is 9.78 Å². The monoisotopic (exact) mass is 233 g/mol. The molecule has 0 aliphatic carbocycles. The summed E-state index contributed by atoms with van der Waals surface area (Å²) < 4.78 is 0. The number of rotatable bonds is 6. The van der Waals surface area contributed by atoms with Gasteiger partial charge in [0.1, 0.15) is 23.6 Å². The molecule has 0 saturated heterocycles. The summed E-state index contributed by atoms with van der Waals surface area (Å²) in [5.41, 5.74) is 0.273. The van der Waals surface area contributed by atoms with Crippen LogP contribution in [0.2, 0.25) is 0 Å². The van der Waals surface area contributed by atoms with E-state index in [4.69, 9.17) is 10.4 Å². The summed E-state index contributed by atoms with van der Waals surface area (Å²) in [6.45, 7) is 2.01. The number of hydrogen-bond acceptors (Lipinski definition) is 4. The van der Waals surface area contributed by atoms with Crippen LogP contribution in [0, 0.1) is 11.3 Å². The SMILES string of the molecule is CCCCC(Nc1cccc(C#N)n1)C(=O)O. The molecule has 0 saturated carbocycles. The summed E-state index contributed by atoms with van der Waals surface area (Å²) in [7, 11) is 0. The molecule has 90 valence electrons. The highest BCUT2D eigenvalue weighted by atomic mass is 16.4. The molecule has 0 aromatic carbocycles. The van der Waals surface area contributed by atoms with Crippen molar-refractivity contribution in [1.82, 2.24) is 4.98 Å². The molecule has 17 heavy (non-hydrogen) atoms. The lowest BCUT2D eigenvalue weighted by atomic mass is 10.1. The van der Waals surface area contributed by atoms with Gasteiger partial charge in [-0.2, -0.15) is 5.26 Å². The molecule has 1 aromatic heterocycles. The summed E-state index contributed by atoms with van der Waals surface area (Å²) in [5, 5.41) is 20.5. The number of hydrogen-bond donors (Lipinski definition) is 2. The third-order valence-electron chi connectivity index (χ3n) is 2.33. The molecule has 0 spiro atoms. The molecule has 0 aliphatic heterocycles. The van der Waals surface area contributed by atoms with E-state index in [0.717, 1.165) is 12.8 Å². The van der Waals surface area contributed by atoms with Crippen LogP contribution in [-0.2, 0) is 4.79 Å². The Hall–Kier alpha value is -2.09. The summed E-state index contributed by atoms with van der Waals surface area (Å²) >= 11 is 0. The second-order valence-corrected chi connectivity index (χ2v) is 3.70. The van der Waals surface area contributed by atoms with Crippen LogP contribution in [0.15, 0.2) is 18.2 Å². The Bertz CT molecular complexity index is 426. The van der Waals surface area contributed by atoms with Crippen LogP contribution < -0.4 is 5.32 Å². The zero-order chi connectivity index (χ0) is 12.7. The summed E-state index contributed by atoms with van der Waals surface area (Å²) in [5.74, 6) is -0.477. The van der Waals surface area contributed by atoms with Gasteiger partial charge in [0.05, 0.1) is 0 Å². The van der Waals surface area contributed by atoms with Crippen LogP contribution in [0.25, 0.3) is 0 Å². The first-order chi connectivity index (χ1) is 8.17. The fourth-order valence-corrected chi connectivity index (χ4v) is 1.42. The minimum absolute atomic E-state index is 0.273. The Morgan fingerprint density at radius 2 is 2.41 bits per heavy atom.